The number of sulfonamides is 1. The normalized spacial score (nSPS) is 21.4. The van der Waals surface area contributed by atoms with Crippen molar-refractivity contribution in [1.29, 1.82) is 0 Å². The molecule has 2 aliphatic rings. The van der Waals surface area contributed by atoms with Crippen molar-refractivity contribution < 1.29 is 8.42 Å². The van der Waals surface area contributed by atoms with Gasteiger partial charge in [0, 0.05) is 24.3 Å². The van der Waals surface area contributed by atoms with Crippen molar-refractivity contribution in [1.82, 2.24) is 19.4 Å². The van der Waals surface area contributed by atoms with Gasteiger partial charge in [0.25, 0.3) is 0 Å². The summed E-state index contributed by atoms with van der Waals surface area (Å²) >= 11 is 0. The minimum Gasteiger partial charge on any atom is -0.383 e. The number of nitrogens with two attached hydrogens (primary N) is 2. The second-order valence-electron chi connectivity index (χ2n) is 9.38. The van der Waals surface area contributed by atoms with Crippen LogP contribution in [0.25, 0.3) is 22.2 Å². The Morgan fingerprint density at radius 1 is 1.16 bits per heavy atom. The van der Waals surface area contributed by atoms with E-state index in [-0.39, 0.29) is 5.75 Å². The Hall–Kier alpha value is -2.49. The molecule has 4 N–H and O–H groups in total. The average molecular weight is 455 g/mol. The summed E-state index contributed by atoms with van der Waals surface area (Å²) in [6.07, 6.45) is 7.68. The second-order valence-corrected chi connectivity index (χ2v) is 11.1. The maximum Gasteiger partial charge on any atom is 0.209 e. The summed E-state index contributed by atoms with van der Waals surface area (Å²) in [7, 11) is -3.52. The first-order valence-corrected chi connectivity index (χ1v) is 12.9. The molecule has 1 aromatic carbocycles. The lowest BCUT2D eigenvalue weighted by molar-refractivity contribution is 0.0921. The second kappa shape index (κ2) is 8.13. The number of anilines is 1. The molecule has 0 spiro atoms. The summed E-state index contributed by atoms with van der Waals surface area (Å²) in [6, 6.07) is 6.54. The monoisotopic (exact) mass is 454 g/mol. The Morgan fingerprint density at radius 2 is 1.94 bits per heavy atom. The van der Waals surface area contributed by atoms with Crippen LogP contribution in [0.5, 0.6) is 0 Å². The summed E-state index contributed by atoms with van der Waals surface area (Å²) in [5, 5.41) is 6.07. The molecule has 3 aromatic rings. The van der Waals surface area contributed by atoms with Crippen LogP contribution >= 0.6 is 0 Å². The van der Waals surface area contributed by atoms with E-state index in [2.05, 4.69) is 31.7 Å². The number of rotatable bonds is 7. The van der Waals surface area contributed by atoms with E-state index < -0.39 is 10.0 Å². The number of hydrogen-bond acceptors (Lipinski definition) is 6. The molecule has 1 saturated heterocycles. The van der Waals surface area contributed by atoms with Crippen LogP contribution in [-0.2, 0) is 16.4 Å². The zero-order chi connectivity index (χ0) is 22.5. The lowest BCUT2D eigenvalue weighted by Crippen LogP contribution is -2.43. The molecule has 0 atom stereocenters. The fourth-order valence-electron chi connectivity index (χ4n) is 5.03. The van der Waals surface area contributed by atoms with Gasteiger partial charge < -0.3 is 15.2 Å². The van der Waals surface area contributed by atoms with Crippen molar-refractivity contribution >= 4 is 26.9 Å². The molecule has 8 nitrogen and oxygen atoms in total. The van der Waals surface area contributed by atoms with Gasteiger partial charge in [0.1, 0.15) is 17.8 Å². The van der Waals surface area contributed by atoms with Crippen molar-refractivity contribution in [2.75, 3.05) is 31.1 Å². The van der Waals surface area contributed by atoms with Crippen LogP contribution in [-0.4, -0.2) is 53.2 Å². The van der Waals surface area contributed by atoms with Gasteiger partial charge >= 0.3 is 0 Å². The lowest BCUT2D eigenvalue weighted by Gasteiger charge is -2.42. The molecule has 1 aliphatic carbocycles. The number of aryl methyl sites for hydroxylation is 2. The zero-order valence-electron chi connectivity index (χ0n) is 18.4. The number of benzene rings is 1. The van der Waals surface area contributed by atoms with Gasteiger partial charge in [0.2, 0.25) is 10.0 Å². The van der Waals surface area contributed by atoms with E-state index in [4.69, 9.17) is 10.9 Å². The molecule has 1 aliphatic heterocycles. The fraction of sp³-hybridized carbons (Fsp3) is 0.478. The summed E-state index contributed by atoms with van der Waals surface area (Å²) < 4.78 is 25.1. The summed E-state index contributed by atoms with van der Waals surface area (Å²) in [6.45, 7) is 5.69. The smallest absolute Gasteiger partial charge is 0.209 e. The standard InChI is InChI=1S/C23H30N6O2S/c1-15-7-16(3-6-32(25,30)31)9-18(8-15)20-13-29(23-21(20)22(24)26-14-27-23)19-10-17(11-19)12-28-4-2-5-28/h7-9,13-14,17,19H,2-6,10-12H2,1H3,(H2,24,26,27)(H2,25,30,31). The topological polar surface area (TPSA) is 120 Å². The molecule has 0 amide bonds. The van der Waals surface area contributed by atoms with Crippen LogP contribution in [0.2, 0.25) is 0 Å². The van der Waals surface area contributed by atoms with Crippen molar-refractivity contribution in [3.8, 4) is 11.1 Å². The first-order chi connectivity index (χ1) is 15.3. The number of primary sulfonamides is 1. The van der Waals surface area contributed by atoms with E-state index in [0.29, 0.717) is 18.3 Å². The number of nitrogens with zero attached hydrogens (tertiary/aromatic N) is 4. The van der Waals surface area contributed by atoms with Gasteiger partial charge in [-0.2, -0.15) is 0 Å². The highest BCUT2D eigenvalue weighted by Crippen LogP contribution is 2.43. The van der Waals surface area contributed by atoms with Gasteiger partial charge in [0.05, 0.1) is 11.1 Å². The van der Waals surface area contributed by atoms with Gasteiger partial charge in [0.15, 0.2) is 0 Å². The maximum atomic E-state index is 11.4. The van der Waals surface area contributed by atoms with Gasteiger partial charge in [-0.1, -0.05) is 23.8 Å². The van der Waals surface area contributed by atoms with Crippen molar-refractivity contribution in [2.24, 2.45) is 11.1 Å². The fourth-order valence-corrected chi connectivity index (χ4v) is 5.55. The molecule has 9 heteroatoms. The maximum absolute atomic E-state index is 11.4. The van der Waals surface area contributed by atoms with E-state index in [0.717, 1.165) is 52.0 Å². The number of hydrogen-bond donors (Lipinski definition) is 2. The van der Waals surface area contributed by atoms with Crippen LogP contribution < -0.4 is 10.9 Å². The molecule has 5 rings (SSSR count). The van der Waals surface area contributed by atoms with Gasteiger partial charge in [-0.15, -0.1) is 0 Å². The van der Waals surface area contributed by atoms with E-state index >= 15 is 0 Å². The molecule has 2 aromatic heterocycles. The quantitative estimate of drug-likeness (QED) is 0.566. The molecule has 170 valence electrons. The first-order valence-electron chi connectivity index (χ1n) is 11.2. The first kappa shape index (κ1) is 21.4. The molecule has 2 fully saturated rings. The van der Waals surface area contributed by atoms with Crippen molar-refractivity contribution in [3.05, 3.63) is 41.9 Å². The average Bonchev–Trinajstić information content (AvgIpc) is 3.04. The SMILES string of the molecule is Cc1cc(CCS(N)(=O)=O)cc(-c2cn(C3CC(CN4CCC4)C3)c3ncnc(N)c23)c1. The number of nitrogen functional groups attached to an aromatic ring is 1. The third kappa shape index (κ3) is 4.24. The molecular formula is C23H30N6O2S. The van der Waals surface area contributed by atoms with E-state index in [9.17, 15) is 8.42 Å². The minimum atomic E-state index is -3.52. The Morgan fingerprint density at radius 3 is 2.62 bits per heavy atom. The van der Waals surface area contributed by atoms with Gasteiger partial charge in [-0.05, 0) is 62.7 Å². The molecule has 0 unspecified atom stereocenters. The summed E-state index contributed by atoms with van der Waals surface area (Å²) in [5.41, 5.74) is 11.2. The number of likely N-dealkylation sites (tertiary alicyclic amines) is 1. The Bertz CT molecular complexity index is 1260. The highest BCUT2D eigenvalue weighted by atomic mass is 32.2. The lowest BCUT2D eigenvalue weighted by atomic mass is 9.79. The van der Waals surface area contributed by atoms with Crippen LogP contribution in [0.4, 0.5) is 5.82 Å². The molecule has 0 radical (unpaired) electrons. The third-order valence-electron chi connectivity index (χ3n) is 6.83. The largest absolute Gasteiger partial charge is 0.383 e. The molecule has 32 heavy (non-hydrogen) atoms. The van der Waals surface area contributed by atoms with E-state index in [1.165, 1.54) is 32.4 Å². The highest BCUT2D eigenvalue weighted by Gasteiger charge is 2.34. The summed E-state index contributed by atoms with van der Waals surface area (Å²) in [5.74, 6) is 1.13. The predicted octanol–water partition coefficient (Wildman–Crippen LogP) is 2.48. The number of fused-ring (bicyclic) bond motifs is 1. The highest BCUT2D eigenvalue weighted by molar-refractivity contribution is 7.89. The zero-order valence-corrected chi connectivity index (χ0v) is 19.2. The number of aromatic nitrogens is 3. The van der Waals surface area contributed by atoms with Crippen LogP contribution in [0.3, 0.4) is 0 Å². The molecule has 3 heterocycles. The van der Waals surface area contributed by atoms with Gasteiger partial charge in [-0.25, -0.2) is 23.5 Å². The third-order valence-corrected chi connectivity index (χ3v) is 7.60. The Balaban J connectivity index is 1.47. The minimum absolute atomic E-state index is 0.0800. The van der Waals surface area contributed by atoms with Gasteiger partial charge in [-0.3, -0.25) is 0 Å². The van der Waals surface area contributed by atoms with Crippen molar-refractivity contribution in [3.63, 3.8) is 0 Å². The van der Waals surface area contributed by atoms with E-state index in [1.807, 2.05) is 19.1 Å². The van der Waals surface area contributed by atoms with Crippen LogP contribution in [0, 0.1) is 12.8 Å². The van der Waals surface area contributed by atoms with Crippen molar-refractivity contribution in [2.45, 2.75) is 38.6 Å². The molecule has 0 bridgehead atoms. The molecule has 1 saturated carbocycles. The predicted molar refractivity (Wildman–Crippen MR) is 127 cm³/mol. The Kier molecular flexibility index (Phi) is 5.43. The van der Waals surface area contributed by atoms with Crippen LogP contribution in [0.15, 0.2) is 30.7 Å². The van der Waals surface area contributed by atoms with Crippen LogP contribution in [0.1, 0.15) is 36.4 Å². The Labute approximate surface area is 188 Å². The molecular weight excluding hydrogens is 424 g/mol. The summed E-state index contributed by atoms with van der Waals surface area (Å²) in [4.78, 5) is 11.4. The van der Waals surface area contributed by atoms with E-state index in [1.54, 1.807) is 0 Å².